The highest BCUT2D eigenvalue weighted by atomic mass is 16.5. The molecule has 1 unspecified atom stereocenters. The van der Waals surface area contributed by atoms with Crippen molar-refractivity contribution < 1.29 is 14.3 Å². The monoisotopic (exact) mass is 270 g/mol. The molecule has 0 heterocycles. The molecule has 2 rings (SSSR count). The molecule has 20 heavy (non-hydrogen) atoms. The van der Waals surface area contributed by atoms with Gasteiger partial charge in [0.1, 0.15) is 11.9 Å². The summed E-state index contributed by atoms with van der Waals surface area (Å²) in [6.07, 6.45) is -0.613. The van der Waals surface area contributed by atoms with Crippen molar-refractivity contribution in [3.63, 3.8) is 0 Å². The first kappa shape index (κ1) is 14.3. The molecule has 2 aromatic rings. The second kappa shape index (κ2) is 6.87. The SMILES string of the molecule is CCOc1ccccc1C(=O)C(OC)c1ccccc1. The molecule has 104 valence electrons. The van der Waals surface area contributed by atoms with Crippen LogP contribution in [0.15, 0.2) is 54.6 Å². The zero-order valence-electron chi connectivity index (χ0n) is 11.7. The molecule has 0 N–H and O–H groups in total. The molecule has 0 amide bonds. The number of methoxy groups -OCH3 is 1. The second-order valence-corrected chi connectivity index (χ2v) is 4.32. The van der Waals surface area contributed by atoms with Crippen LogP contribution in [0.3, 0.4) is 0 Å². The van der Waals surface area contributed by atoms with E-state index in [2.05, 4.69) is 0 Å². The number of carbonyl (C=O) groups excluding carboxylic acids is 1. The molecular formula is C17H18O3. The summed E-state index contributed by atoms with van der Waals surface area (Å²) in [6.45, 7) is 2.42. The fourth-order valence-corrected chi connectivity index (χ4v) is 2.12. The molecule has 0 bridgehead atoms. The quantitative estimate of drug-likeness (QED) is 0.751. The van der Waals surface area contributed by atoms with E-state index in [9.17, 15) is 4.79 Å². The van der Waals surface area contributed by atoms with Crippen molar-refractivity contribution in [2.45, 2.75) is 13.0 Å². The minimum absolute atomic E-state index is 0.0947. The van der Waals surface area contributed by atoms with E-state index >= 15 is 0 Å². The number of carbonyl (C=O) groups is 1. The van der Waals surface area contributed by atoms with Gasteiger partial charge in [-0.05, 0) is 24.6 Å². The van der Waals surface area contributed by atoms with Crippen molar-refractivity contribution in [1.29, 1.82) is 0 Å². The predicted molar refractivity (Wildman–Crippen MR) is 78.1 cm³/mol. The Labute approximate surface area is 119 Å². The number of rotatable bonds is 6. The number of hydrogen-bond acceptors (Lipinski definition) is 3. The van der Waals surface area contributed by atoms with Crippen molar-refractivity contribution in [2.24, 2.45) is 0 Å². The van der Waals surface area contributed by atoms with Crippen LogP contribution in [0.5, 0.6) is 5.75 Å². The van der Waals surface area contributed by atoms with Gasteiger partial charge in [0.2, 0.25) is 0 Å². The lowest BCUT2D eigenvalue weighted by molar-refractivity contribution is 0.0601. The van der Waals surface area contributed by atoms with E-state index in [1.54, 1.807) is 19.2 Å². The first-order chi connectivity index (χ1) is 9.77. The summed E-state index contributed by atoms with van der Waals surface area (Å²) in [6, 6.07) is 16.7. The predicted octanol–water partition coefficient (Wildman–Crippen LogP) is 3.66. The van der Waals surface area contributed by atoms with Gasteiger partial charge in [0.25, 0.3) is 0 Å². The van der Waals surface area contributed by atoms with Gasteiger partial charge in [0.15, 0.2) is 5.78 Å². The maximum Gasteiger partial charge on any atom is 0.199 e. The van der Waals surface area contributed by atoms with Crippen molar-refractivity contribution in [3.8, 4) is 5.75 Å². The maximum absolute atomic E-state index is 12.7. The number of Topliss-reactive ketones (excluding diaryl/α,β-unsaturated/α-hetero) is 1. The highest BCUT2D eigenvalue weighted by Crippen LogP contribution is 2.27. The van der Waals surface area contributed by atoms with Crippen LogP contribution in [0.2, 0.25) is 0 Å². The summed E-state index contributed by atoms with van der Waals surface area (Å²) in [5.41, 5.74) is 1.39. The van der Waals surface area contributed by atoms with Crippen molar-refractivity contribution in [1.82, 2.24) is 0 Å². The van der Waals surface area contributed by atoms with Crippen LogP contribution < -0.4 is 4.74 Å². The van der Waals surface area contributed by atoms with Crippen LogP contribution in [-0.4, -0.2) is 19.5 Å². The maximum atomic E-state index is 12.7. The first-order valence-corrected chi connectivity index (χ1v) is 6.61. The fraction of sp³-hybridized carbons (Fsp3) is 0.235. The standard InChI is InChI=1S/C17H18O3/c1-3-20-15-12-8-7-11-14(15)16(18)17(19-2)13-9-5-4-6-10-13/h4-12,17H,3H2,1-2H3. The fourth-order valence-electron chi connectivity index (χ4n) is 2.12. The zero-order valence-corrected chi connectivity index (χ0v) is 11.7. The molecule has 0 spiro atoms. The number of hydrogen-bond donors (Lipinski definition) is 0. The zero-order chi connectivity index (χ0) is 14.4. The van der Waals surface area contributed by atoms with E-state index in [4.69, 9.17) is 9.47 Å². The van der Waals surface area contributed by atoms with E-state index in [1.807, 2.05) is 49.4 Å². The van der Waals surface area contributed by atoms with Gasteiger partial charge in [-0.2, -0.15) is 0 Å². The number of ketones is 1. The molecule has 0 saturated carbocycles. The molecule has 0 aliphatic heterocycles. The molecule has 0 aliphatic carbocycles. The molecule has 0 fully saturated rings. The van der Waals surface area contributed by atoms with Gasteiger partial charge in [-0.3, -0.25) is 4.79 Å². The van der Waals surface area contributed by atoms with Gasteiger partial charge in [-0.15, -0.1) is 0 Å². The smallest absolute Gasteiger partial charge is 0.199 e. The molecule has 0 aromatic heterocycles. The average Bonchev–Trinajstić information content (AvgIpc) is 2.50. The molecular weight excluding hydrogens is 252 g/mol. The van der Waals surface area contributed by atoms with Gasteiger partial charge in [0.05, 0.1) is 12.2 Å². The van der Waals surface area contributed by atoms with Crippen molar-refractivity contribution in [2.75, 3.05) is 13.7 Å². The topological polar surface area (TPSA) is 35.5 Å². The van der Waals surface area contributed by atoms with Gasteiger partial charge < -0.3 is 9.47 Å². The Kier molecular flexibility index (Phi) is 4.91. The lowest BCUT2D eigenvalue weighted by Crippen LogP contribution is -2.16. The largest absolute Gasteiger partial charge is 0.493 e. The normalized spacial score (nSPS) is 11.9. The van der Waals surface area contributed by atoms with E-state index < -0.39 is 6.10 Å². The molecule has 0 radical (unpaired) electrons. The van der Waals surface area contributed by atoms with Crippen LogP contribution in [-0.2, 0) is 4.74 Å². The number of ether oxygens (including phenoxy) is 2. The third-order valence-electron chi connectivity index (χ3n) is 3.03. The van der Waals surface area contributed by atoms with Crippen LogP contribution in [0.1, 0.15) is 28.9 Å². The van der Waals surface area contributed by atoms with Crippen LogP contribution in [0.25, 0.3) is 0 Å². The van der Waals surface area contributed by atoms with Crippen molar-refractivity contribution in [3.05, 3.63) is 65.7 Å². The first-order valence-electron chi connectivity index (χ1n) is 6.61. The molecule has 0 saturated heterocycles. The molecule has 3 heteroatoms. The lowest BCUT2D eigenvalue weighted by atomic mass is 9.99. The van der Waals surface area contributed by atoms with E-state index in [1.165, 1.54) is 0 Å². The Morgan fingerprint density at radius 3 is 2.35 bits per heavy atom. The molecule has 0 aliphatic rings. The van der Waals surface area contributed by atoms with E-state index in [-0.39, 0.29) is 5.78 Å². The second-order valence-electron chi connectivity index (χ2n) is 4.32. The van der Waals surface area contributed by atoms with Gasteiger partial charge in [-0.25, -0.2) is 0 Å². The van der Waals surface area contributed by atoms with Crippen LogP contribution in [0, 0.1) is 0 Å². The van der Waals surface area contributed by atoms with Gasteiger partial charge in [-0.1, -0.05) is 42.5 Å². The minimum atomic E-state index is -0.613. The Morgan fingerprint density at radius 2 is 1.70 bits per heavy atom. The average molecular weight is 270 g/mol. The van der Waals surface area contributed by atoms with Gasteiger partial charge >= 0.3 is 0 Å². The van der Waals surface area contributed by atoms with Crippen LogP contribution >= 0.6 is 0 Å². The molecule has 3 nitrogen and oxygen atoms in total. The lowest BCUT2D eigenvalue weighted by Gasteiger charge is -2.16. The summed E-state index contributed by atoms with van der Waals surface area (Å²) in [7, 11) is 1.54. The minimum Gasteiger partial charge on any atom is -0.493 e. The third-order valence-corrected chi connectivity index (χ3v) is 3.03. The summed E-state index contributed by atoms with van der Waals surface area (Å²) >= 11 is 0. The molecule has 1 atom stereocenters. The molecule has 2 aromatic carbocycles. The highest BCUT2D eigenvalue weighted by molar-refractivity contribution is 6.02. The number of benzene rings is 2. The summed E-state index contributed by atoms with van der Waals surface area (Å²) in [5.74, 6) is 0.501. The summed E-state index contributed by atoms with van der Waals surface area (Å²) < 4.78 is 10.9. The Bertz CT molecular complexity index is 563. The summed E-state index contributed by atoms with van der Waals surface area (Å²) in [5, 5.41) is 0. The van der Waals surface area contributed by atoms with Crippen molar-refractivity contribution >= 4 is 5.78 Å². The number of para-hydroxylation sites is 1. The highest BCUT2D eigenvalue weighted by Gasteiger charge is 2.24. The third kappa shape index (κ3) is 3.06. The Balaban J connectivity index is 2.34. The Morgan fingerprint density at radius 1 is 1.05 bits per heavy atom. The summed E-state index contributed by atoms with van der Waals surface area (Å²) in [4.78, 5) is 12.7. The Hall–Kier alpha value is -2.13. The van der Waals surface area contributed by atoms with Gasteiger partial charge in [0, 0.05) is 7.11 Å². The van der Waals surface area contributed by atoms with E-state index in [0.717, 1.165) is 5.56 Å². The van der Waals surface area contributed by atoms with E-state index in [0.29, 0.717) is 17.9 Å². The van der Waals surface area contributed by atoms with Crippen LogP contribution in [0.4, 0.5) is 0 Å².